The summed E-state index contributed by atoms with van der Waals surface area (Å²) in [6.45, 7) is 8.95. The van der Waals surface area contributed by atoms with Crippen molar-refractivity contribution in [1.29, 1.82) is 0 Å². The maximum Gasteiger partial charge on any atom is 0.224 e. The maximum absolute atomic E-state index is 11.5. The molecule has 3 N–H and O–H groups in total. The lowest BCUT2D eigenvalue weighted by Gasteiger charge is -2.20. The molecule has 1 atom stereocenters. The van der Waals surface area contributed by atoms with Crippen molar-refractivity contribution in [3.8, 4) is 0 Å². The molecule has 0 aromatic carbocycles. The molecule has 0 aliphatic carbocycles. The number of rotatable bonds is 5. The van der Waals surface area contributed by atoms with Gasteiger partial charge in [0.05, 0.1) is 12.0 Å². The van der Waals surface area contributed by atoms with Crippen LogP contribution in [0.2, 0.25) is 0 Å². The van der Waals surface area contributed by atoms with Gasteiger partial charge in [0.1, 0.15) is 11.6 Å². The van der Waals surface area contributed by atoms with Crippen molar-refractivity contribution in [2.75, 3.05) is 25.0 Å². The highest BCUT2D eigenvalue weighted by Gasteiger charge is 2.38. The van der Waals surface area contributed by atoms with E-state index in [4.69, 9.17) is 5.73 Å². The third-order valence-corrected chi connectivity index (χ3v) is 3.77. The zero-order valence-electron chi connectivity index (χ0n) is 12.4. The Morgan fingerprint density at radius 3 is 2.90 bits per heavy atom. The number of likely N-dealkylation sites (tertiary alicyclic amines) is 1. The fourth-order valence-corrected chi connectivity index (χ4v) is 2.56. The van der Waals surface area contributed by atoms with E-state index in [0.29, 0.717) is 13.1 Å². The van der Waals surface area contributed by atoms with Gasteiger partial charge in [0.15, 0.2) is 0 Å². The highest BCUT2D eigenvalue weighted by Crippen LogP contribution is 2.30. The van der Waals surface area contributed by atoms with Crippen LogP contribution in [-0.4, -0.2) is 40.4 Å². The van der Waals surface area contributed by atoms with Crippen LogP contribution in [0.3, 0.4) is 0 Å². The van der Waals surface area contributed by atoms with Crippen LogP contribution in [0.4, 0.5) is 5.82 Å². The van der Waals surface area contributed by atoms with Crippen molar-refractivity contribution in [2.45, 2.75) is 33.7 Å². The molecule has 1 saturated heterocycles. The predicted molar refractivity (Wildman–Crippen MR) is 78.1 cm³/mol. The molecular formula is C14H23N5O. The van der Waals surface area contributed by atoms with E-state index < -0.39 is 5.41 Å². The van der Waals surface area contributed by atoms with Crippen LogP contribution < -0.4 is 11.1 Å². The molecule has 1 aromatic rings. The van der Waals surface area contributed by atoms with Gasteiger partial charge in [0.2, 0.25) is 5.91 Å². The van der Waals surface area contributed by atoms with Crippen molar-refractivity contribution >= 4 is 11.7 Å². The molecule has 2 heterocycles. The van der Waals surface area contributed by atoms with E-state index in [1.54, 1.807) is 0 Å². The Hall–Kier alpha value is -1.69. The molecule has 6 heteroatoms. The van der Waals surface area contributed by atoms with E-state index >= 15 is 0 Å². The van der Waals surface area contributed by atoms with Crippen LogP contribution in [0, 0.1) is 12.3 Å². The van der Waals surface area contributed by atoms with Crippen LogP contribution in [0.15, 0.2) is 6.07 Å². The standard InChI is InChI=1S/C14H23N5O/c1-4-16-11-7-10(2)17-12(18-11)8-19-6-5-14(3,9-19)13(15)20/h7H,4-6,8-9H2,1-3H3,(H2,15,20)(H,16,17,18). The molecule has 1 fully saturated rings. The molecule has 2 rings (SSSR count). The SMILES string of the molecule is CCNc1cc(C)nc(CN2CCC(C)(C(N)=O)C2)n1. The minimum atomic E-state index is -0.422. The van der Waals surface area contributed by atoms with Gasteiger partial charge < -0.3 is 11.1 Å². The fourth-order valence-electron chi connectivity index (χ4n) is 2.56. The molecule has 1 unspecified atom stereocenters. The Bertz CT molecular complexity index is 504. The van der Waals surface area contributed by atoms with Crippen LogP contribution in [0.25, 0.3) is 0 Å². The quantitative estimate of drug-likeness (QED) is 0.836. The first-order chi connectivity index (χ1) is 9.43. The molecule has 6 nitrogen and oxygen atoms in total. The van der Waals surface area contributed by atoms with Gasteiger partial charge in [-0.2, -0.15) is 0 Å². The lowest BCUT2D eigenvalue weighted by Crippen LogP contribution is -2.37. The Morgan fingerprint density at radius 2 is 2.30 bits per heavy atom. The van der Waals surface area contributed by atoms with Crippen molar-refractivity contribution in [2.24, 2.45) is 11.1 Å². The maximum atomic E-state index is 11.5. The number of primary amides is 1. The zero-order chi connectivity index (χ0) is 14.8. The number of nitrogens with zero attached hydrogens (tertiary/aromatic N) is 3. The number of carbonyl (C=O) groups is 1. The summed E-state index contributed by atoms with van der Waals surface area (Å²) in [5.74, 6) is 1.42. The summed E-state index contributed by atoms with van der Waals surface area (Å²) in [4.78, 5) is 22.6. The van der Waals surface area contributed by atoms with Gasteiger partial charge in [-0.15, -0.1) is 0 Å². The summed E-state index contributed by atoms with van der Waals surface area (Å²) >= 11 is 0. The molecule has 0 bridgehead atoms. The molecule has 110 valence electrons. The van der Waals surface area contributed by atoms with E-state index in [1.807, 2.05) is 26.8 Å². The highest BCUT2D eigenvalue weighted by molar-refractivity contribution is 5.81. The third kappa shape index (κ3) is 3.25. The normalized spacial score (nSPS) is 22.9. The van der Waals surface area contributed by atoms with Crippen molar-refractivity contribution in [3.63, 3.8) is 0 Å². The van der Waals surface area contributed by atoms with Crippen LogP contribution >= 0.6 is 0 Å². The number of hydrogen-bond donors (Lipinski definition) is 2. The first-order valence-corrected chi connectivity index (χ1v) is 7.03. The summed E-state index contributed by atoms with van der Waals surface area (Å²) in [7, 11) is 0. The molecule has 1 aromatic heterocycles. The first-order valence-electron chi connectivity index (χ1n) is 7.03. The molecule has 0 radical (unpaired) electrons. The average Bonchev–Trinajstić information content (AvgIpc) is 2.72. The van der Waals surface area contributed by atoms with E-state index in [1.165, 1.54) is 0 Å². The minimum Gasteiger partial charge on any atom is -0.370 e. The van der Waals surface area contributed by atoms with E-state index in [0.717, 1.165) is 36.8 Å². The van der Waals surface area contributed by atoms with E-state index in [2.05, 4.69) is 20.2 Å². The molecule has 0 spiro atoms. The largest absolute Gasteiger partial charge is 0.370 e. The van der Waals surface area contributed by atoms with Gasteiger partial charge in [-0.1, -0.05) is 0 Å². The number of nitrogens with one attached hydrogen (secondary N) is 1. The number of anilines is 1. The van der Waals surface area contributed by atoms with Gasteiger partial charge in [-0.25, -0.2) is 9.97 Å². The third-order valence-electron chi connectivity index (χ3n) is 3.77. The molecule has 20 heavy (non-hydrogen) atoms. The monoisotopic (exact) mass is 277 g/mol. The van der Waals surface area contributed by atoms with Crippen molar-refractivity contribution in [1.82, 2.24) is 14.9 Å². The van der Waals surface area contributed by atoms with Gasteiger partial charge in [-0.3, -0.25) is 9.69 Å². The number of aryl methyl sites for hydroxylation is 1. The van der Waals surface area contributed by atoms with Gasteiger partial charge >= 0.3 is 0 Å². The number of aromatic nitrogens is 2. The topological polar surface area (TPSA) is 84.1 Å². The molecular weight excluding hydrogens is 254 g/mol. The Morgan fingerprint density at radius 1 is 1.55 bits per heavy atom. The van der Waals surface area contributed by atoms with Gasteiger partial charge in [-0.05, 0) is 33.7 Å². The van der Waals surface area contributed by atoms with Crippen LogP contribution in [-0.2, 0) is 11.3 Å². The lowest BCUT2D eigenvalue weighted by molar-refractivity contribution is -0.126. The summed E-state index contributed by atoms with van der Waals surface area (Å²) in [6.07, 6.45) is 0.800. The molecule has 0 saturated carbocycles. The Labute approximate surface area is 119 Å². The minimum absolute atomic E-state index is 0.224. The Balaban J connectivity index is 2.06. The summed E-state index contributed by atoms with van der Waals surface area (Å²) in [5, 5.41) is 3.20. The van der Waals surface area contributed by atoms with E-state index in [-0.39, 0.29) is 5.91 Å². The van der Waals surface area contributed by atoms with Crippen molar-refractivity contribution < 1.29 is 4.79 Å². The average molecular weight is 277 g/mol. The second kappa shape index (κ2) is 5.75. The first kappa shape index (κ1) is 14.7. The summed E-state index contributed by atoms with van der Waals surface area (Å²) in [5.41, 5.74) is 5.99. The van der Waals surface area contributed by atoms with Crippen LogP contribution in [0.5, 0.6) is 0 Å². The predicted octanol–water partition coefficient (Wildman–Crippen LogP) is 0.914. The second-order valence-corrected chi connectivity index (χ2v) is 5.73. The van der Waals surface area contributed by atoms with Crippen molar-refractivity contribution in [3.05, 3.63) is 17.6 Å². The van der Waals surface area contributed by atoms with E-state index in [9.17, 15) is 4.79 Å². The zero-order valence-corrected chi connectivity index (χ0v) is 12.4. The van der Waals surface area contributed by atoms with Crippen LogP contribution in [0.1, 0.15) is 31.8 Å². The second-order valence-electron chi connectivity index (χ2n) is 5.73. The lowest BCUT2D eigenvalue weighted by atomic mass is 9.89. The number of nitrogens with two attached hydrogens (primary N) is 1. The molecule has 1 amide bonds. The summed E-state index contributed by atoms with van der Waals surface area (Å²) in [6, 6.07) is 1.94. The fraction of sp³-hybridized carbons (Fsp3) is 0.643. The number of hydrogen-bond acceptors (Lipinski definition) is 5. The van der Waals surface area contributed by atoms with Gasteiger partial charge in [0, 0.05) is 24.8 Å². The molecule has 1 aliphatic rings. The summed E-state index contributed by atoms with van der Waals surface area (Å²) < 4.78 is 0. The smallest absolute Gasteiger partial charge is 0.224 e. The number of carbonyl (C=O) groups excluding carboxylic acids is 1. The highest BCUT2D eigenvalue weighted by atomic mass is 16.1. The Kier molecular flexibility index (Phi) is 4.23. The molecule has 1 aliphatic heterocycles. The van der Waals surface area contributed by atoms with Gasteiger partial charge in [0.25, 0.3) is 0 Å². The number of amides is 1.